The Kier molecular flexibility index (Phi) is 2.52. The first-order valence-electron chi connectivity index (χ1n) is 5.21. The minimum atomic E-state index is -0.280. The van der Waals surface area contributed by atoms with Crippen LogP contribution in [0.15, 0.2) is 18.2 Å². The second kappa shape index (κ2) is 3.58. The van der Waals surface area contributed by atoms with E-state index in [9.17, 15) is 9.50 Å². The van der Waals surface area contributed by atoms with Gasteiger partial charge in [0.2, 0.25) is 0 Å². The normalized spacial score (nSPS) is 30.0. The molecule has 1 aromatic rings. The SMILES string of the molecule is Cc1cc(F)cc(C2(CN)CC(O)C2)c1. The highest BCUT2D eigenvalue weighted by Crippen LogP contribution is 2.43. The molecule has 0 aliphatic heterocycles. The largest absolute Gasteiger partial charge is 0.393 e. The first kappa shape index (κ1) is 10.6. The molecule has 0 radical (unpaired) electrons. The lowest BCUT2D eigenvalue weighted by Gasteiger charge is -2.45. The zero-order valence-corrected chi connectivity index (χ0v) is 8.83. The molecule has 82 valence electrons. The maximum atomic E-state index is 13.2. The van der Waals surface area contributed by atoms with Crippen molar-refractivity contribution in [3.05, 3.63) is 35.1 Å². The molecular formula is C12H16FNO. The summed E-state index contributed by atoms with van der Waals surface area (Å²) in [5.74, 6) is -0.223. The zero-order valence-electron chi connectivity index (χ0n) is 8.83. The number of benzene rings is 1. The maximum absolute atomic E-state index is 13.2. The molecule has 1 saturated carbocycles. The molecule has 0 saturated heterocycles. The molecule has 0 spiro atoms. The van der Waals surface area contributed by atoms with Crippen molar-refractivity contribution in [2.75, 3.05) is 6.54 Å². The highest BCUT2D eigenvalue weighted by atomic mass is 19.1. The van der Waals surface area contributed by atoms with Gasteiger partial charge in [0.1, 0.15) is 5.82 Å². The van der Waals surface area contributed by atoms with Crippen LogP contribution in [0.2, 0.25) is 0 Å². The highest BCUT2D eigenvalue weighted by Gasteiger charge is 2.43. The van der Waals surface area contributed by atoms with E-state index >= 15 is 0 Å². The number of halogens is 1. The number of aryl methyl sites for hydroxylation is 1. The molecule has 0 amide bonds. The Morgan fingerprint density at radius 2 is 2.13 bits per heavy atom. The van der Waals surface area contributed by atoms with Crippen molar-refractivity contribution in [2.45, 2.75) is 31.3 Å². The smallest absolute Gasteiger partial charge is 0.123 e. The average Bonchev–Trinajstić information content (AvgIpc) is 2.10. The van der Waals surface area contributed by atoms with Gasteiger partial charge in [-0.15, -0.1) is 0 Å². The molecule has 0 atom stereocenters. The van der Waals surface area contributed by atoms with Crippen molar-refractivity contribution >= 4 is 0 Å². The number of nitrogens with two attached hydrogens (primary N) is 1. The van der Waals surface area contributed by atoms with Gasteiger partial charge in [-0.05, 0) is 43.0 Å². The fraction of sp³-hybridized carbons (Fsp3) is 0.500. The topological polar surface area (TPSA) is 46.2 Å². The monoisotopic (exact) mass is 209 g/mol. The summed E-state index contributed by atoms with van der Waals surface area (Å²) in [6.07, 6.45) is 1.01. The van der Waals surface area contributed by atoms with Crippen molar-refractivity contribution < 1.29 is 9.50 Å². The Balaban J connectivity index is 2.35. The second-order valence-corrected chi connectivity index (χ2v) is 4.56. The molecule has 0 heterocycles. The van der Waals surface area contributed by atoms with E-state index in [1.54, 1.807) is 0 Å². The van der Waals surface area contributed by atoms with E-state index in [1.165, 1.54) is 12.1 Å². The van der Waals surface area contributed by atoms with Crippen molar-refractivity contribution in [1.82, 2.24) is 0 Å². The third-order valence-electron chi connectivity index (χ3n) is 3.30. The van der Waals surface area contributed by atoms with E-state index in [0.717, 1.165) is 11.1 Å². The van der Waals surface area contributed by atoms with E-state index in [1.807, 2.05) is 13.0 Å². The average molecular weight is 209 g/mol. The Bertz CT molecular complexity index is 352. The van der Waals surface area contributed by atoms with Crippen LogP contribution in [-0.4, -0.2) is 17.8 Å². The number of aliphatic hydroxyl groups is 1. The lowest BCUT2D eigenvalue weighted by Crippen LogP contribution is -2.49. The van der Waals surface area contributed by atoms with E-state index in [0.29, 0.717) is 19.4 Å². The van der Waals surface area contributed by atoms with Crippen LogP contribution in [-0.2, 0) is 5.41 Å². The van der Waals surface area contributed by atoms with Crippen LogP contribution in [0.4, 0.5) is 4.39 Å². The van der Waals surface area contributed by atoms with Crippen LogP contribution in [0, 0.1) is 12.7 Å². The van der Waals surface area contributed by atoms with Gasteiger partial charge in [-0.25, -0.2) is 4.39 Å². The van der Waals surface area contributed by atoms with Gasteiger partial charge in [0.25, 0.3) is 0 Å². The second-order valence-electron chi connectivity index (χ2n) is 4.56. The summed E-state index contributed by atoms with van der Waals surface area (Å²) in [4.78, 5) is 0. The van der Waals surface area contributed by atoms with Gasteiger partial charge < -0.3 is 10.8 Å². The number of rotatable bonds is 2. The van der Waals surface area contributed by atoms with Crippen molar-refractivity contribution in [2.24, 2.45) is 5.73 Å². The van der Waals surface area contributed by atoms with Gasteiger partial charge in [-0.2, -0.15) is 0 Å². The maximum Gasteiger partial charge on any atom is 0.123 e. The summed E-state index contributed by atoms with van der Waals surface area (Å²) in [7, 11) is 0. The Morgan fingerprint density at radius 1 is 1.47 bits per heavy atom. The standard InChI is InChI=1S/C12H16FNO/c1-8-2-9(4-10(13)3-8)12(7-14)5-11(15)6-12/h2-4,11,15H,5-7,14H2,1H3. The van der Waals surface area contributed by atoms with Crippen LogP contribution in [0.25, 0.3) is 0 Å². The summed E-state index contributed by atoms with van der Waals surface area (Å²) in [6.45, 7) is 2.33. The van der Waals surface area contributed by atoms with Crippen LogP contribution in [0.3, 0.4) is 0 Å². The van der Waals surface area contributed by atoms with Gasteiger partial charge >= 0.3 is 0 Å². The quantitative estimate of drug-likeness (QED) is 0.775. The van der Waals surface area contributed by atoms with E-state index in [2.05, 4.69) is 0 Å². The predicted octanol–water partition coefficient (Wildman–Crippen LogP) is 1.49. The Hall–Kier alpha value is -0.930. The Labute approximate surface area is 88.9 Å². The zero-order chi connectivity index (χ0) is 11.1. The fourth-order valence-corrected chi connectivity index (χ4v) is 2.41. The minimum Gasteiger partial charge on any atom is -0.393 e. The number of hydrogen-bond donors (Lipinski definition) is 2. The highest BCUT2D eigenvalue weighted by molar-refractivity contribution is 5.33. The van der Waals surface area contributed by atoms with Crippen LogP contribution >= 0.6 is 0 Å². The molecule has 15 heavy (non-hydrogen) atoms. The fourth-order valence-electron chi connectivity index (χ4n) is 2.41. The molecule has 2 nitrogen and oxygen atoms in total. The molecule has 3 N–H and O–H groups in total. The first-order valence-corrected chi connectivity index (χ1v) is 5.21. The lowest BCUT2D eigenvalue weighted by atomic mass is 9.62. The van der Waals surface area contributed by atoms with Gasteiger partial charge in [0, 0.05) is 12.0 Å². The van der Waals surface area contributed by atoms with Gasteiger partial charge in [0.05, 0.1) is 6.10 Å². The Morgan fingerprint density at radius 3 is 2.60 bits per heavy atom. The van der Waals surface area contributed by atoms with Crippen molar-refractivity contribution in [1.29, 1.82) is 0 Å². The summed E-state index contributed by atoms with van der Waals surface area (Å²) in [6, 6.07) is 5.00. The van der Waals surface area contributed by atoms with E-state index in [4.69, 9.17) is 5.73 Å². The molecule has 1 aromatic carbocycles. The summed E-state index contributed by atoms with van der Waals surface area (Å²) >= 11 is 0. The predicted molar refractivity (Wildman–Crippen MR) is 57.1 cm³/mol. The summed E-state index contributed by atoms with van der Waals surface area (Å²) in [5.41, 5.74) is 7.35. The molecule has 0 aromatic heterocycles. The van der Waals surface area contributed by atoms with Crippen LogP contribution < -0.4 is 5.73 Å². The molecule has 3 heteroatoms. The number of hydrogen-bond acceptors (Lipinski definition) is 2. The minimum absolute atomic E-state index is 0.202. The molecule has 1 aliphatic rings. The molecule has 0 unspecified atom stereocenters. The summed E-state index contributed by atoms with van der Waals surface area (Å²) in [5, 5.41) is 9.37. The van der Waals surface area contributed by atoms with E-state index < -0.39 is 0 Å². The van der Waals surface area contributed by atoms with Gasteiger partial charge in [-0.3, -0.25) is 0 Å². The third kappa shape index (κ3) is 1.77. The van der Waals surface area contributed by atoms with E-state index in [-0.39, 0.29) is 17.3 Å². The third-order valence-corrected chi connectivity index (χ3v) is 3.30. The van der Waals surface area contributed by atoms with Gasteiger partial charge in [0.15, 0.2) is 0 Å². The molecule has 2 rings (SSSR count). The molecular weight excluding hydrogens is 193 g/mol. The van der Waals surface area contributed by atoms with Crippen LogP contribution in [0.1, 0.15) is 24.0 Å². The van der Waals surface area contributed by atoms with Crippen LogP contribution in [0.5, 0.6) is 0 Å². The van der Waals surface area contributed by atoms with Crippen molar-refractivity contribution in [3.63, 3.8) is 0 Å². The van der Waals surface area contributed by atoms with Crippen molar-refractivity contribution in [3.8, 4) is 0 Å². The lowest BCUT2D eigenvalue weighted by molar-refractivity contribution is 0.0220. The summed E-state index contributed by atoms with van der Waals surface area (Å²) < 4.78 is 13.2. The first-order chi connectivity index (χ1) is 7.05. The molecule has 0 bridgehead atoms. The molecule has 1 fully saturated rings. The number of aliphatic hydroxyl groups excluding tert-OH is 1. The molecule has 1 aliphatic carbocycles. The van der Waals surface area contributed by atoms with Gasteiger partial charge in [-0.1, -0.05) is 6.07 Å².